The minimum Gasteiger partial charge on any atom is -0.462 e. The predicted octanol–water partition coefficient (Wildman–Crippen LogP) is 3.46. The van der Waals surface area contributed by atoms with Crippen LogP contribution in [0.1, 0.15) is 46.5 Å². The summed E-state index contributed by atoms with van der Waals surface area (Å²) in [7, 11) is 0. The van der Waals surface area contributed by atoms with Crippen molar-refractivity contribution < 1.29 is 9.53 Å². The van der Waals surface area contributed by atoms with E-state index in [9.17, 15) is 4.79 Å². The maximum atomic E-state index is 11.6. The first-order valence-corrected chi connectivity index (χ1v) is 7.28. The van der Waals surface area contributed by atoms with E-state index in [1.54, 1.807) is 13.0 Å². The molecule has 0 aliphatic heterocycles. The topological polar surface area (TPSA) is 50.1 Å². The van der Waals surface area contributed by atoms with E-state index in [0.29, 0.717) is 17.9 Å². The molecule has 0 spiro atoms. The van der Waals surface area contributed by atoms with Crippen LogP contribution in [0.2, 0.25) is 0 Å². The van der Waals surface area contributed by atoms with Crippen LogP contribution in [-0.2, 0) is 9.53 Å². The van der Waals surface area contributed by atoms with Gasteiger partial charge in [-0.1, -0.05) is 19.9 Å². The third kappa shape index (κ3) is 2.54. The standard InChI is InChI=1S/C16H23NO2/c1-4-19-15(18)12(10-17)6-8-14-11-5-7-13(9-11)16(14,2)3/h6,11,13-14H,4-5,7-9H2,1-3H3. The molecule has 0 amide bonds. The van der Waals surface area contributed by atoms with Gasteiger partial charge in [0, 0.05) is 0 Å². The first-order valence-electron chi connectivity index (χ1n) is 7.28. The summed E-state index contributed by atoms with van der Waals surface area (Å²) in [6.07, 6.45) is 6.61. The maximum absolute atomic E-state index is 11.6. The minimum absolute atomic E-state index is 0.167. The third-order valence-electron chi connectivity index (χ3n) is 5.24. The number of nitriles is 1. The Bertz CT molecular complexity index is 431. The van der Waals surface area contributed by atoms with Gasteiger partial charge in [0.2, 0.25) is 0 Å². The van der Waals surface area contributed by atoms with Crippen LogP contribution >= 0.6 is 0 Å². The van der Waals surface area contributed by atoms with Gasteiger partial charge >= 0.3 is 5.97 Å². The molecule has 3 atom stereocenters. The average molecular weight is 261 g/mol. The second kappa shape index (κ2) is 5.36. The van der Waals surface area contributed by atoms with E-state index in [2.05, 4.69) is 13.8 Å². The van der Waals surface area contributed by atoms with Crippen LogP contribution in [0.4, 0.5) is 0 Å². The molecule has 3 heteroatoms. The van der Waals surface area contributed by atoms with E-state index < -0.39 is 5.97 Å². The Labute approximate surface area is 115 Å². The van der Waals surface area contributed by atoms with Gasteiger partial charge in [-0.15, -0.1) is 0 Å². The fraction of sp³-hybridized carbons (Fsp3) is 0.750. The van der Waals surface area contributed by atoms with Gasteiger partial charge in [-0.3, -0.25) is 0 Å². The summed E-state index contributed by atoms with van der Waals surface area (Å²) in [5.74, 6) is 1.72. The van der Waals surface area contributed by atoms with Crippen molar-refractivity contribution in [3.8, 4) is 6.07 Å². The smallest absolute Gasteiger partial charge is 0.348 e. The number of esters is 1. The molecular weight excluding hydrogens is 238 g/mol. The summed E-state index contributed by atoms with van der Waals surface area (Å²) in [6.45, 7) is 6.75. The minimum atomic E-state index is -0.481. The van der Waals surface area contributed by atoms with Gasteiger partial charge in [-0.05, 0) is 55.8 Å². The molecule has 0 saturated heterocycles. The van der Waals surface area contributed by atoms with Crippen LogP contribution in [0, 0.1) is 34.5 Å². The van der Waals surface area contributed by atoms with Gasteiger partial charge in [0.1, 0.15) is 11.6 Å². The number of allylic oxidation sites excluding steroid dienone is 1. The predicted molar refractivity (Wildman–Crippen MR) is 73.0 cm³/mol. The van der Waals surface area contributed by atoms with Gasteiger partial charge in [-0.25, -0.2) is 4.79 Å². The van der Waals surface area contributed by atoms with Crippen molar-refractivity contribution in [3.63, 3.8) is 0 Å². The lowest BCUT2D eigenvalue weighted by atomic mass is 9.67. The highest BCUT2D eigenvalue weighted by atomic mass is 16.5. The molecule has 2 saturated carbocycles. The van der Waals surface area contributed by atoms with Crippen LogP contribution in [0.25, 0.3) is 0 Å². The fourth-order valence-electron chi connectivity index (χ4n) is 4.09. The number of hydrogen-bond acceptors (Lipinski definition) is 3. The molecule has 0 N–H and O–H groups in total. The molecule has 0 radical (unpaired) electrons. The lowest BCUT2D eigenvalue weighted by molar-refractivity contribution is -0.138. The summed E-state index contributed by atoms with van der Waals surface area (Å²) in [5, 5.41) is 9.04. The third-order valence-corrected chi connectivity index (χ3v) is 5.24. The number of carbonyl (C=O) groups is 1. The van der Waals surface area contributed by atoms with Crippen molar-refractivity contribution in [3.05, 3.63) is 11.6 Å². The quantitative estimate of drug-likeness (QED) is 0.442. The van der Waals surface area contributed by atoms with Gasteiger partial charge in [0.15, 0.2) is 0 Å². The molecule has 0 aromatic carbocycles. The lowest BCUT2D eigenvalue weighted by Crippen LogP contribution is -2.30. The number of carbonyl (C=O) groups excluding carboxylic acids is 1. The first-order chi connectivity index (χ1) is 9.00. The number of ether oxygens (including phenoxy) is 1. The highest BCUT2D eigenvalue weighted by Crippen LogP contribution is 2.60. The van der Waals surface area contributed by atoms with E-state index >= 15 is 0 Å². The van der Waals surface area contributed by atoms with E-state index in [4.69, 9.17) is 10.00 Å². The Morgan fingerprint density at radius 2 is 2.21 bits per heavy atom. The van der Waals surface area contributed by atoms with Crippen molar-refractivity contribution in [1.29, 1.82) is 5.26 Å². The summed E-state index contributed by atoms with van der Waals surface area (Å²) in [5.41, 5.74) is 0.509. The number of fused-ring (bicyclic) bond motifs is 2. The highest BCUT2D eigenvalue weighted by Gasteiger charge is 2.51. The average Bonchev–Trinajstić information content (AvgIpc) is 2.91. The largest absolute Gasteiger partial charge is 0.462 e. The Kier molecular flexibility index (Phi) is 3.99. The monoisotopic (exact) mass is 261 g/mol. The molecule has 2 aliphatic rings. The van der Waals surface area contributed by atoms with Crippen LogP contribution < -0.4 is 0 Å². The molecule has 2 rings (SSSR count). The molecule has 2 fully saturated rings. The Hall–Kier alpha value is -1.30. The zero-order valence-corrected chi connectivity index (χ0v) is 12.1. The molecule has 2 bridgehead atoms. The zero-order valence-electron chi connectivity index (χ0n) is 12.1. The van der Waals surface area contributed by atoms with Crippen molar-refractivity contribution in [2.75, 3.05) is 6.61 Å². The Morgan fingerprint density at radius 3 is 2.74 bits per heavy atom. The molecule has 2 aliphatic carbocycles. The molecule has 3 unspecified atom stereocenters. The Morgan fingerprint density at radius 1 is 1.47 bits per heavy atom. The molecule has 104 valence electrons. The van der Waals surface area contributed by atoms with Crippen molar-refractivity contribution in [2.24, 2.45) is 23.2 Å². The van der Waals surface area contributed by atoms with Crippen LogP contribution in [0.5, 0.6) is 0 Å². The van der Waals surface area contributed by atoms with Crippen LogP contribution in [0.15, 0.2) is 11.6 Å². The second-order valence-electron chi connectivity index (χ2n) is 6.38. The van der Waals surface area contributed by atoms with Crippen molar-refractivity contribution in [1.82, 2.24) is 0 Å². The molecule has 0 heterocycles. The number of rotatable bonds is 4. The first kappa shape index (κ1) is 14.1. The summed E-state index contributed by atoms with van der Waals surface area (Å²) in [4.78, 5) is 11.6. The summed E-state index contributed by atoms with van der Waals surface area (Å²) >= 11 is 0. The van der Waals surface area contributed by atoms with Gasteiger partial charge < -0.3 is 4.74 Å². The van der Waals surface area contributed by atoms with E-state index in [-0.39, 0.29) is 5.57 Å². The lowest BCUT2D eigenvalue weighted by Gasteiger charge is -2.38. The zero-order chi connectivity index (χ0) is 14.0. The highest BCUT2D eigenvalue weighted by molar-refractivity contribution is 5.92. The van der Waals surface area contributed by atoms with E-state index in [0.717, 1.165) is 18.3 Å². The maximum Gasteiger partial charge on any atom is 0.348 e. The SMILES string of the molecule is CCOC(=O)C(C#N)=CCC1C2CCC(C2)C1(C)C. The molecule has 0 aromatic rings. The van der Waals surface area contributed by atoms with E-state index in [1.165, 1.54) is 19.3 Å². The van der Waals surface area contributed by atoms with Crippen molar-refractivity contribution in [2.45, 2.75) is 46.5 Å². The molecular formula is C16H23NO2. The second-order valence-corrected chi connectivity index (χ2v) is 6.38. The Balaban J connectivity index is 2.05. The van der Waals surface area contributed by atoms with Crippen molar-refractivity contribution >= 4 is 5.97 Å². The van der Waals surface area contributed by atoms with Gasteiger partial charge in [0.25, 0.3) is 0 Å². The van der Waals surface area contributed by atoms with Gasteiger partial charge in [0.05, 0.1) is 6.61 Å². The van der Waals surface area contributed by atoms with Gasteiger partial charge in [-0.2, -0.15) is 5.26 Å². The summed E-state index contributed by atoms with van der Waals surface area (Å²) < 4.78 is 4.89. The van der Waals surface area contributed by atoms with Crippen LogP contribution in [0.3, 0.4) is 0 Å². The number of hydrogen-bond donors (Lipinski definition) is 0. The van der Waals surface area contributed by atoms with E-state index in [1.807, 2.05) is 6.07 Å². The summed E-state index contributed by atoms with van der Waals surface area (Å²) in [6, 6.07) is 1.97. The normalized spacial score (nSPS) is 32.1. The molecule has 3 nitrogen and oxygen atoms in total. The molecule has 0 aromatic heterocycles. The number of nitrogens with zero attached hydrogens (tertiary/aromatic N) is 1. The van der Waals surface area contributed by atoms with Crippen LogP contribution in [-0.4, -0.2) is 12.6 Å². The molecule has 19 heavy (non-hydrogen) atoms. The fourth-order valence-corrected chi connectivity index (χ4v) is 4.09.